The van der Waals surface area contributed by atoms with E-state index < -0.39 is 0 Å². The molecule has 0 saturated heterocycles. The van der Waals surface area contributed by atoms with Crippen LogP contribution in [0, 0.1) is 16.7 Å². The second kappa shape index (κ2) is 6.80. The molecule has 0 amide bonds. The van der Waals surface area contributed by atoms with E-state index in [-0.39, 0.29) is 0 Å². The van der Waals surface area contributed by atoms with E-state index in [1.54, 1.807) is 0 Å². The van der Waals surface area contributed by atoms with Gasteiger partial charge in [0.15, 0.2) is 0 Å². The van der Waals surface area contributed by atoms with Crippen molar-refractivity contribution in [3.63, 3.8) is 0 Å². The van der Waals surface area contributed by atoms with Crippen LogP contribution in [0.25, 0.3) is 0 Å². The van der Waals surface area contributed by atoms with E-state index in [0.29, 0.717) is 18.4 Å². The van der Waals surface area contributed by atoms with Crippen LogP contribution in [0.5, 0.6) is 0 Å². The largest absolute Gasteiger partial charge is 0.370 e. The Balaban J connectivity index is 2.42. The van der Waals surface area contributed by atoms with E-state index in [4.69, 9.17) is 5.26 Å². The number of anilines is 2. The van der Waals surface area contributed by atoms with E-state index in [0.717, 1.165) is 24.6 Å². The van der Waals surface area contributed by atoms with Gasteiger partial charge in [0.1, 0.15) is 18.0 Å². The standard InChI is InChI=1S/C13H21N5/c1-13(2,3)5-8-16-12-9-11(17-10-18-12)15-7-4-6-14/h9-10H,4-5,7-8H2,1-3H3,(H2,15,16,17,18). The molecule has 5 heteroatoms. The summed E-state index contributed by atoms with van der Waals surface area (Å²) in [5, 5.41) is 14.8. The lowest BCUT2D eigenvalue weighted by molar-refractivity contribution is 0.389. The smallest absolute Gasteiger partial charge is 0.131 e. The Kier molecular flexibility index (Phi) is 5.37. The van der Waals surface area contributed by atoms with Crippen molar-refractivity contribution in [2.75, 3.05) is 23.7 Å². The molecule has 1 heterocycles. The van der Waals surface area contributed by atoms with Crippen LogP contribution >= 0.6 is 0 Å². The number of aromatic nitrogens is 2. The minimum atomic E-state index is 0.313. The Hall–Kier alpha value is -1.83. The summed E-state index contributed by atoms with van der Waals surface area (Å²) >= 11 is 0. The zero-order chi connectivity index (χ0) is 13.4. The van der Waals surface area contributed by atoms with Gasteiger partial charge in [0.05, 0.1) is 12.5 Å². The summed E-state index contributed by atoms with van der Waals surface area (Å²) in [6.07, 6.45) is 3.07. The van der Waals surface area contributed by atoms with Crippen LogP contribution in [0.2, 0.25) is 0 Å². The number of nitriles is 1. The summed E-state index contributed by atoms with van der Waals surface area (Å²) in [7, 11) is 0. The molecule has 0 aromatic carbocycles. The first kappa shape index (κ1) is 14.2. The third-order valence-electron chi connectivity index (χ3n) is 2.39. The van der Waals surface area contributed by atoms with E-state index in [9.17, 15) is 0 Å². The van der Waals surface area contributed by atoms with E-state index in [1.807, 2.05) is 6.07 Å². The van der Waals surface area contributed by atoms with Crippen molar-refractivity contribution in [2.45, 2.75) is 33.6 Å². The molecule has 0 saturated carbocycles. The van der Waals surface area contributed by atoms with Crippen LogP contribution in [0.4, 0.5) is 11.6 Å². The molecular weight excluding hydrogens is 226 g/mol. The molecule has 0 aliphatic heterocycles. The highest BCUT2D eigenvalue weighted by Gasteiger charge is 2.09. The topological polar surface area (TPSA) is 73.6 Å². The number of nitrogens with zero attached hydrogens (tertiary/aromatic N) is 3. The average Bonchev–Trinajstić information content (AvgIpc) is 2.28. The van der Waals surface area contributed by atoms with Gasteiger partial charge in [-0.1, -0.05) is 20.8 Å². The lowest BCUT2D eigenvalue weighted by Gasteiger charge is -2.18. The van der Waals surface area contributed by atoms with Gasteiger partial charge in [0.2, 0.25) is 0 Å². The first-order valence-corrected chi connectivity index (χ1v) is 6.18. The van der Waals surface area contributed by atoms with Gasteiger partial charge in [-0.3, -0.25) is 0 Å². The molecule has 0 aliphatic rings. The molecule has 5 nitrogen and oxygen atoms in total. The van der Waals surface area contributed by atoms with E-state index >= 15 is 0 Å². The molecule has 0 atom stereocenters. The number of hydrogen-bond donors (Lipinski definition) is 2. The second-order valence-electron chi connectivity index (χ2n) is 5.36. The highest BCUT2D eigenvalue weighted by molar-refractivity contribution is 5.46. The van der Waals surface area contributed by atoms with Gasteiger partial charge in [-0.25, -0.2) is 9.97 Å². The Morgan fingerprint density at radius 3 is 2.33 bits per heavy atom. The van der Waals surface area contributed by atoms with Crippen LogP contribution in [0.1, 0.15) is 33.6 Å². The lowest BCUT2D eigenvalue weighted by atomic mass is 9.92. The molecule has 2 N–H and O–H groups in total. The highest BCUT2D eigenvalue weighted by Crippen LogP contribution is 2.18. The molecule has 1 rings (SSSR count). The summed E-state index contributed by atoms with van der Waals surface area (Å²) in [6, 6.07) is 3.94. The number of nitrogens with one attached hydrogen (secondary N) is 2. The molecule has 98 valence electrons. The third-order valence-corrected chi connectivity index (χ3v) is 2.39. The van der Waals surface area contributed by atoms with Crippen LogP contribution in [-0.2, 0) is 0 Å². The summed E-state index contributed by atoms with van der Waals surface area (Å²) in [6.45, 7) is 8.13. The van der Waals surface area contributed by atoms with Gasteiger partial charge in [0.25, 0.3) is 0 Å². The monoisotopic (exact) mass is 247 g/mol. The fourth-order valence-electron chi connectivity index (χ4n) is 1.36. The first-order valence-electron chi connectivity index (χ1n) is 6.18. The Morgan fingerprint density at radius 1 is 1.17 bits per heavy atom. The summed E-state index contributed by atoms with van der Waals surface area (Å²) in [5.74, 6) is 1.56. The van der Waals surface area contributed by atoms with Crippen molar-refractivity contribution >= 4 is 11.6 Å². The van der Waals surface area contributed by atoms with Crippen molar-refractivity contribution in [1.29, 1.82) is 5.26 Å². The number of hydrogen-bond acceptors (Lipinski definition) is 5. The van der Waals surface area contributed by atoms with Gasteiger partial charge in [-0.2, -0.15) is 5.26 Å². The van der Waals surface area contributed by atoms with Crippen molar-refractivity contribution in [1.82, 2.24) is 9.97 Å². The minimum absolute atomic E-state index is 0.313. The fraction of sp³-hybridized carbons (Fsp3) is 0.615. The Morgan fingerprint density at radius 2 is 1.78 bits per heavy atom. The molecule has 0 fully saturated rings. The summed E-state index contributed by atoms with van der Waals surface area (Å²) in [5.41, 5.74) is 0.313. The maximum absolute atomic E-state index is 8.46. The predicted molar refractivity (Wildman–Crippen MR) is 73.3 cm³/mol. The molecule has 1 aromatic heterocycles. The van der Waals surface area contributed by atoms with E-state index in [2.05, 4.69) is 47.4 Å². The van der Waals surface area contributed by atoms with Crippen molar-refractivity contribution in [3.8, 4) is 6.07 Å². The number of rotatable bonds is 6. The molecule has 0 unspecified atom stereocenters. The van der Waals surface area contributed by atoms with Gasteiger partial charge >= 0.3 is 0 Å². The highest BCUT2D eigenvalue weighted by atomic mass is 15.1. The maximum atomic E-state index is 8.46. The Labute approximate surface area is 109 Å². The van der Waals surface area contributed by atoms with Gasteiger partial charge in [-0.05, 0) is 11.8 Å². The van der Waals surface area contributed by atoms with Crippen molar-refractivity contribution in [2.24, 2.45) is 5.41 Å². The minimum Gasteiger partial charge on any atom is -0.370 e. The lowest BCUT2D eigenvalue weighted by Crippen LogP contribution is -2.13. The molecule has 18 heavy (non-hydrogen) atoms. The average molecular weight is 247 g/mol. The summed E-state index contributed by atoms with van der Waals surface area (Å²) in [4.78, 5) is 8.26. The Bertz CT molecular complexity index is 403. The quantitative estimate of drug-likeness (QED) is 0.756. The molecule has 1 aromatic rings. The third kappa shape index (κ3) is 6.04. The van der Waals surface area contributed by atoms with Crippen LogP contribution in [-0.4, -0.2) is 23.1 Å². The summed E-state index contributed by atoms with van der Waals surface area (Å²) < 4.78 is 0. The zero-order valence-corrected chi connectivity index (χ0v) is 11.3. The normalized spacial score (nSPS) is 10.8. The maximum Gasteiger partial charge on any atom is 0.131 e. The molecule has 0 bridgehead atoms. The van der Waals surface area contributed by atoms with Gasteiger partial charge in [-0.15, -0.1) is 0 Å². The van der Waals surface area contributed by atoms with Gasteiger partial charge in [0, 0.05) is 19.2 Å². The predicted octanol–water partition coefficient (Wildman–Crippen LogP) is 2.65. The van der Waals surface area contributed by atoms with E-state index in [1.165, 1.54) is 6.33 Å². The second-order valence-corrected chi connectivity index (χ2v) is 5.36. The first-order chi connectivity index (χ1) is 8.51. The van der Waals surface area contributed by atoms with Gasteiger partial charge < -0.3 is 10.6 Å². The van der Waals surface area contributed by atoms with Crippen LogP contribution in [0.15, 0.2) is 12.4 Å². The molecule has 0 aliphatic carbocycles. The van der Waals surface area contributed by atoms with Crippen molar-refractivity contribution < 1.29 is 0 Å². The fourth-order valence-corrected chi connectivity index (χ4v) is 1.36. The van der Waals surface area contributed by atoms with Crippen LogP contribution < -0.4 is 10.6 Å². The zero-order valence-electron chi connectivity index (χ0n) is 11.3. The van der Waals surface area contributed by atoms with Crippen molar-refractivity contribution in [3.05, 3.63) is 12.4 Å². The molecular formula is C13H21N5. The molecule has 0 spiro atoms. The van der Waals surface area contributed by atoms with Crippen LogP contribution in [0.3, 0.4) is 0 Å². The molecule has 0 radical (unpaired) electrons. The SMILES string of the molecule is CC(C)(C)CCNc1cc(NCCC#N)ncn1.